The van der Waals surface area contributed by atoms with E-state index in [1.54, 1.807) is 48.5 Å². The lowest BCUT2D eigenvalue weighted by Crippen LogP contribution is -2.10. The first-order valence-electron chi connectivity index (χ1n) is 13.8. The Morgan fingerprint density at radius 1 is 0.341 bits per heavy atom. The summed E-state index contributed by atoms with van der Waals surface area (Å²) in [6.07, 6.45) is 0. The maximum Gasteiger partial charge on any atom is 0.647 e. The van der Waals surface area contributed by atoms with Crippen molar-refractivity contribution in [3.63, 3.8) is 0 Å². The second-order valence-corrected chi connectivity index (χ2v) is 12.9. The number of rotatable bonds is 12. The monoisotopic (exact) mass is 630 g/mol. The third kappa shape index (κ3) is 7.84. The van der Waals surface area contributed by atoms with E-state index >= 15 is 0 Å². The minimum Gasteiger partial charge on any atom is -0.386 e. The van der Waals surface area contributed by atoms with Gasteiger partial charge in [0.25, 0.3) is 0 Å². The lowest BCUT2D eigenvalue weighted by atomic mass is 10.1. The lowest BCUT2D eigenvalue weighted by Gasteiger charge is -2.22. The van der Waals surface area contributed by atoms with Gasteiger partial charge in [-0.3, -0.25) is 0 Å². The first kappa shape index (κ1) is 30.8. The molecule has 5 aromatic carbocycles. The summed E-state index contributed by atoms with van der Waals surface area (Å²) in [4.78, 5) is 0. The van der Waals surface area contributed by atoms with Crippen LogP contribution in [0.15, 0.2) is 121 Å². The summed E-state index contributed by atoms with van der Waals surface area (Å²) in [5.74, 6) is 1.74. The average Bonchev–Trinajstić information content (AvgIpc) is 2.99. The molecule has 10 heteroatoms. The molecule has 0 amide bonds. The molecule has 0 saturated heterocycles. The molecule has 2 atom stereocenters. The SMILES string of the molecule is Cc1cccc(C)c1OP(=O)(Oc1ccccc1)Oc1ccc(OP(=O)(Oc2ccccc2)Oc2c(C)cccc2C)cc1. The maximum absolute atomic E-state index is 14.0. The second kappa shape index (κ2) is 13.3. The van der Waals surface area contributed by atoms with Crippen LogP contribution in [0.3, 0.4) is 0 Å². The summed E-state index contributed by atoms with van der Waals surface area (Å²) in [5, 5.41) is 0. The van der Waals surface area contributed by atoms with Crippen LogP contribution in [0.2, 0.25) is 0 Å². The number of hydrogen-bond donors (Lipinski definition) is 0. The molecule has 0 spiro atoms. The first-order valence-corrected chi connectivity index (χ1v) is 16.7. The highest BCUT2D eigenvalue weighted by molar-refractivity contribution is 7.50. The summed E-state index contributed by atoms with van der Waals surface area (Å²) in [7, 11) is -8.49. The van der Waals surface area contributed by atoms with Crippen molar-refractivity contribution in [2.24, 2.45) is 0 Å². The van der Waals surface area contributed by atoms with Gasteiger partial charge in [-0.05, 0) is 98.5 Å². The molecule has 2 unspecified atom stereocenters. The molecular formula is C34H32O8P2. The topological polar surface area (TPSA) is 89.5 Å². The van der Waals surface area contributed by atoms with Crippen molar-refractivity contribution in [2.45, 2.75) is 27.7 Å². The number of para-hydroxylation sites is 4. The molecule has 226 valence electrons. The lowest BCUT2D eigenvalue weighted by molar-refractivity contribution is 0.292. The Bertz CT molecular complexity index is 1630. The van der Waals surface area contributed by atoms with Gasteiger partial charge in [0.05, 0.1) is 0 Å². The fourth-order valence-corrected chi connectivity index (χ4v) is 7.03. The van der Waals surface area contributed by atoms with E-state index in [-0.39, 0.29) is 11.5 Å². The summed E-state index contributed by atoms with van der Waals surface area (Å²) in [6, 6.07) is 34.4. The molecular weight excluding hydrogens is 598 g/mol. The van der Waals surface area contributed by atoms with E-state index in [1.807, 2.05) is 76.2 Å². The molecule has 0 aromatic heterocycles. The molecule has 44 heavy (non-hydrogen) atoms. The van der Waals surface area contributed by atoms with E-state index in [4.69, 9.17) is 27.1 Å². The minimum atomic E-state index is -4.24. The van der Waals surface area contributed by atoms with Crippen LogP contribution in [0.1, 0.15) is 22.3 Å². The molecule has 0 radical (unpaired) electrons. The van der Waals surface area contributed by atoms with Gasteiger partial charge in [-0.15, -0.1) is 0 Å². The van der Waals surface area contributed by atoms with Crippen LogP contribution in [0.25, 0.3) is 0 Å². The minimum absolute atomic E-state index is 0.164. The summed E-state index contributed by atoms with van der Waals surface area (Å²) in [5.41, 5.74) is 3.08. The van der Waals surface area contributed by atoms with E-state index in [1.165, 1.54) is 24.3 Å². The molecule has 0 N–H and O–H groups in total. The highest BCUT2D eigenvalue weighted by Crippen LogP contribution is 2.53. The molecule has 5 aromatic rings. The Kier molecular flexibility index (Phi) is 9.34. The second-order valence-electron chi connectivity index (χ2n) is 9.98. The fourth-order valence-electron chi connectivity index (χ4n) is 4.26. The largest absolute Gasteiger partial charge is 0.647 e. The van der Waals surface area contributed by atoms with Gasteiger partial charge in [-0.2, -0.15) is 9.13 Å². The quantitative estimate of drug-likeness (QED) is 0.126. The number of aryl methyl sites for hydroxylation is 4. The molecule has 0 bridgehead atoms. The molecule has 0 saturated carbocycles. The summed E-state index contributed by atoms with van der Waals surface area (Å²) < 4.78 is 63.2. The van der Waals surface area contributed by atoms with Crippen molar-refractivity contribution in [3.05, 3.63) is 144 Å². The van der Waals surface area contributed by atoms with Crippen LogP contribution in [-0.2, 0) is 9.13 Å². The van der Waals surface area contributed by atoms with Crippen molar-refractivity contribution in [1.82, 2.24) is 0 Å². The summed E-state index contributed by atoms with van der Waals surface area (Å²) in [6.45, 7) is 7.38. The Morgan fingerprint density at radius 3 is 0.909 bits per heavy atom. The van der Waals surface area contributed by atoms with E-state index in [0.29, 0.717) is 23.0 Å². The zero-order chi connectivity index (χ0) is 31.2. The Hall–Kier alpha value is -4.64. The van der Waals surface area contributed by atoms with Crippen LogP contribution >= 0.6 is 15.6 Å². The zero-order valence-corrected chi connectivity index (χ0v) is 26.5. The van der Waals surface area contributed by atoms with E-state index in [0.717, 1.165) is 22.3 Å². The zero-order valence-electron chi connectivity index (χ0n) is 24.7. The maximum atomic E-state index is 14.0. The van der Waals surface area contributed by atoms with Crippen LogP contribution in [0.4, 0.5) is 0 Å². The van der Waals surface area contributed by atoms with Crippen molar-refractivity contribution in [1.29, 1.82) is 0 Å². The molecule has 0 fully saturated rings. The molecule has 0 heterocycles. The third-order valence-corrected chi connectivity index (χ3v) is 8.95. The van der Waals surface area contributed by atoms with E-state index in [9.17, 15) is 9.13 Å². The smallest absolute Gasteiger partial charge is 0.386 e. The molecule has 0 aliphatic rings. The van der Waals surface area contributed by atoms with Gasteiger partial charge in [0.15, 0.2) is 0 Å². The predicted molar refractivity (Wildman–Crippen MR) is 170 cm³/mol. The number of hydrogen-bond acceptors (Lipinski definition) is 8. The van der Waals surface area contributed by atoms with Crippen LogP contribution in [0, 0.1) is 27.7 Å². The molecule has 5 rings (SSSR count). The Morgan fingerprint density at radius 2 is 0.614 bits per heavy atom. The molecule has 0 aliphatic heterocycles. The number of phosphoric ester groups is 2. The van der Waals surface area contributed by atoms with Gasteiger partial charge in [0.1, 0.15) is 34.5 Å². The Labute approximate surface area is 257 Å². The van der Waals surface area contributed by atoms with Gasteiger partial charge in [0, 0.05) is 0 Å². The van der Waals surface area contributed by atoms with Crippen molar-refractivity contribution < 1.29 is 36.3 Å². The average molecular weight is 631 g/mol. The van der Waals surface area contributed by atoms with E-state index in [2.05, 4.69) is 0 Å². The normalized spacial score (nSPS) is 13.5. The highest BCUT2D eigenvalue weighted by atomic mass is 31.2. The molecule has 0 aliphatic carbocycles. The van der Waals surface area contributed by atoms with Crippen LogP contribution < -0.4 is 27.1 Å². The highest BCUT2D eigenvalue weighted by Gasteiger charge is 2.36. The van der Waals surface area contributed by atoms with Gasteiger partial charge in [-0.25, -0.2) is 0 Å². The van der Waals surface area contributed by atoms with Gasteiger partial charge in [0.2, 0.25) is 0 Å². The van der Waals surface area contributed by atoms with Crippen molar-refractivity contribution >= 4 is 15.6 Å². The van der Waals surface area contributed by atoms with Crippen molar-refractivity contribution in [3.8, 4) is 34.5 Å². The van der Waals surface area contributed by atoms with Crippen LogP contribution in [0.5, 0.6) is 34.5 Å². The van der Waals surface area contributed by atoms with Crippen LogP contribution in [-0.4, -0.2) is 0 Å². The predicted octanol–water partition coefficient (Wildman–Crippen LogP) is 10.2. The fraction of sp³-hybridized carbons (Fsp3) is 0.118. The van der Waals surface area contributed by atoms with Crippen molar-refractivity contribution in [2.75, 3.05) is 0 Å². The van der Waals surface area contributed by atoms with E-state index < -0.39 is 15.6 Å². The summed E-state index contributed by atoms with van der Waals surface area (Å²) >= 11 is 0. The number of phosphoric acid groups is 2. The Balaban J connectivity index is 1.40. The standard InChI is InChI=1S/C34H32O8P2/c1-25-13-11-14-26(2)33(25)41-43(35,37-29-17-7-5-8-18-29)39-31-21-23-32(24-22-31)40-44(36,38-30-19-9-6-10-20-30)42-34-27(3)15-12-16-28(34)4/h5-24H,1-4H3. The van der Waals surface area contributed by atoms with Gasteiger partial charge >= 0.3 is 15.6 Å². The van der Waals surface area contributed by atoms with Gasteiger partial charge in [-0.1, -0.05) is 72.8 Å². The third-order valence-electron chi connectivity index (χ3n) is 6.40. The molecule has 8 nitrogen and oxygen atoms in total. The van der Waals surface area contributed by atoms with Gasteiger partial charge < -0.3 is 27.1 Å². The number of benzene rings is 5. The first-order chi connectivity index (χ1) is 21.1.